The molecular formula is C12H9BrF2N2O. The number of H-pyrrole nitrogens is 1. The van der Waals surface area contributed by atoms with Gasteiger partial charge in [-0.25, -0.2) is 13.8 Å². The first-order valence-electron chi connectivity index (χ1n) is 5.14. The summed E-state index contributed by atoms with van der Waals surface area (Å²) >= 11 is 3.10. The molecule has 0 spiro atoms. The largest absolute Gasteiger partial charge is 0.306 e. The van der Waals surface area contributed by atoms with Crippen molar-refractivity contribution in [1.29, 1.82) is 0 Å². The van der Waals surface area contributed by atoms with Crippen LogP contribution in [0.4, 0.5) is 8.78 Å². The van der Waals surface area contributed by atoms with Gasteiger partial charge in [0.1, 0.15) is 10.3 Å². The second-order valence-corrected chi connectivity index (χ2v) is 4.53. The molecule has 0 fully saturated rings. The number of benzene rings is 1. The second-order valence-electron chi connectivity index (χ2n) is 3.74. The Morgan fingerprint density at radius 2 is 2.11 bits per heavy atom. The van der Waals surface area contributed by atoms with E-state index in [0.717, 1.165) is 0 Å². The Hall–Kier alpha value is -1.56. The summed E-state index contributed by atoms with van der Waals surface area (Å²) in [5, 5.41) is 0. The number of hydrogen-bond donors (Lipinski definition) is 1. The number of halogens is 3. The van der Waals surface area contributed by atoms with Gasteiger partial charge in [0.15, 0.2) is 0 Å². The van der Waals surface area contributed by atoms with Crippen LogP contribution in [0.3, 0.4) is 0 Å². The van der Waals surface area contributed by atoms with Gasteiger partial charge in [0.2, 0.25) is 0 Å². The molecule has 0 amide bonds. The molecule has 0 radical (unpaired) electrons. The van der Waals surface area contributed by atoms with Crippen LogP contribution in [0.25, 0.3) is 11.4 Å². The van der Waals surface area contributed by atoms with Crippen LogP contribution in [-0.4, -0.2) is 9.97 Å². The smallest absolute Gasteiger partial charge is 0.265 e. The van der Waals surface area contributed by atoms with Crippen LogP contribution in [0, 0.1) is 6.92 Å². The summed E-state index contributed by atoms with van der Waals surface area (Å²) in [7, 11) is 0. The highest BCUT2D eigenvalue weighted by atomic mass is 79.9. The van der Waals surface area contributed by atoms with E-state index in [1.54, 1.807) is 13.0 Å². The maximum atomic E-state index is 12.6. The summed E-state index contributed by atoms with van der Waals surface area (Å²) in [5.74, 6) is 0.281. The molecule has 0 unspecified atom stereocenters. The van der Waals surface area contributed by atoms with Crippen molar-refractivity contribution < 1.29 is 8.78 Å². The first kappa shape index (κ1) is 12.9. The van der Waals surface area contributed by atoms with Gasteiger partial charge in [-0.3, -0.25) is 4.79 Å². The van der Waals surface area contributed by atoms with E-state index in [1.807, 2.05) is 0 Å². The molecule has 6 heteroatoms. The van der Waals surface area contributed by atoms with Crippen molar-refractivity contribution in [1.82, 2.24) is 9.97 Å². The Morgan fingerprint density at radius 1 is 1.39 bits per heavy atom. The first-order chi connectivity index (χ1) is 8.49. The van der Waals surface area contributed by atoms with Crippen molar-refractivity contribution in [3.05, 3.63) is 50.3 Å². The molecule has 18 heavy (non-hydrogen) atoms. The van der Waals surface area contributed by atoms with Gasteiger partial charge >= 0.3 is 0 Å². The lowest BCUT2D eigenvalue weighted by Gasteiger charge is -2.05. The lowest BCUT2D eigenvalue weighted by atomic mass is 10.1. The van der Waals surface area contributed by atoms with Crippen molar-refractivity contribution in [3.8, 4) is 11.4 Å². The van der Waals surface area contributed by atoms with Crippen molar-refractivity contribution in [3.63, 3.8) is 0 Å². The molecular weight excluding hydrogens is 306 g/mol. The number of nitrogens with zero attached hydrogens (tertiary/aromatic N) is 1. The van der Waals surface area contributed by atoms with E-state index in [4.69, 9.17) is 0 Å². The van der Waals surface area contributed by atoms with Crippen LogP contribution in [0.1, 0.15) is 17.7 Å². The van der Waals surface area contributed by atoms with Crippen molar-refractivity contribution in [2.45, 2.75) is 13.3 Å². The average Bonchev–Trinajstić information content (AvgIpc) is 2.35. The lowest BCUT2D eigenvalue weighted by Crippen LogP contribution is -2.11. The van der Waals surface area contributed by atoms with Gasteiger partial charge in [0.25, 0.3) is 12.0 Å². The first-order valence-corrected chi connectivity index (χ1v) is 5.93. The molecule has 1 aromatic heterocycles. The van der Waals surface area contributed by atoms with Crippen molar-refractivity contribution in [2.24, 2.45) is 0 Å². The zero-order valence-corrected chi connectivity index (χ0v) is 11.0. The van der Waals surface area contributed by atoms with Crippen LogP contribution in [0.2, 0.25) is 0 Å². The Kier molecular flexibility index (Phi) is 3.56. The number of aromatic nitrogens is 2. The molecule has 0 atom stereocenters. The molecule has 0 saturated heterocycles. The van der Waals surface area contributed by atoms with Crippen molar-refractivity contribution >= 4 is 15.9 Å². The molecule has 2 rings (SSSR count). The Morgan fingerprint density at radius 3 is 2.72 bits per heavy atom. The maximum absolute atomic E-state index is 12.6. The Bertz CT molecular complexity index is 640. The van der Waals surface area contributed by atoms with Gasteiger partial charge in [-0.15, -0.1) is 0 Å². The number of rotatable bonds is 2. The number of hydrogen-bond acceptors (Lipinski definition) is 2. The predicted octanol–water partition coefficient (Wildman–Crippen LogP) is 3.45. The van der Waals surface area contributed by atoms with Crippen LogP contribution >= 0.6 is 15.9 Å². The highest BCUT2D eigenvalue weighted by molar-refractivity contribution is 9.10. The van der Waals surface area contributed by atoms with Gasteiger partial charge in [-0.05, 0) is 28.9 Å². The molecule has 0 aliphatic rings. The third-order valence-electron chi connectivity index (χ3n) is 2.44. The van der Waals surface area contributed by atoms with Gasteiger partial charge in [-0.1, -0.05) is 18.2 Å². The number of aromatic amines is 1. The standard InChI is InChI=1S/C12H9BrF2N2O/c1-6-9(13)12(18)17-11(16-6)8-4-2-3-7(5-8)10(14)15/h2-5,10H,1H3,(H,16,17,18). The van der Waals surface area contributed by atoms with E-state index in [9.17, 15) is 13.6 Å². The quantitative estimate of drug-likeness (QED) is 0.922. The molecule has 0 aliphatic carbocycles. The van der Waals surface area contributed by atoms with Crippen molar-refractivity contribution in [2.75, 3.05) is 0 Å². The second kappa shape index (κ2) is 4.97. The summed E-state index contributed by atoms with van der Waals surface area (Å²) in [6.45, 7) is 1.67. The summed E-state index contributed by atoms with van der Waals surface area (Å²) in [6, 6.07) is 5.78. The Labute approximate surface area is 110 Å². The van der Waals surface area contributed by atoms with E-state index in [1.165, 1.54) is 18.2 Å². The monoisotopic (exact) mass is 314 g/mol. The molecule has 0 saturated carbocycles. The fraction of sp³-hybridized carbons (Fsp3) is 0.167. The van der Waals surface area contributed by atoms with Gasteiger partial charge in [0.05, 0.1) is 5.69 Å². The van der Waals surface area contributed by atoms with Crippen LogP contribution in [-0.2, 0) is 0 Å². The van der Waals surface area contributed by atoms with E-state index in [2.05, 4.69) is 25.9 Å². The van der Waals surface area contributed by atoms with E-state index in [0.29, 0.717) is 15.7 Å². The number of aryl methyl sites for hydroxylation is 1. The molecule has 0 bridgehead atoms. The van der Waals surface area contributed by atoms with Gasteiger partial charge in [0, 0.05) is 11.1 Å². The minimum Gasteiger partial charge on any atom is -0.306 e. The third-order valence-corrected chi connectivity index (χ3v) is 3.37. The fourth-order valence-electron chi connectivity index (χ4n) is 1.53. The van der Waals surface area contributed by atoms with Crippen LogP contribution < -0.4 is 5.56 Å². The summed E-state index contributed by atoms with van der Waals surface area (Å²) < 4.78 is 25.5. The summed E-state index contributed by atoms with van der Waals surface area (Å²) in [5.41, 5.74) is 0.535. The topological polar surface area (TPSA) is 45.8 Å². The molecule has 0 aliphatic heterocycles. The lowest BCUT2D eigenvalue weighted by molar-refractivity contribution is 0.151. The average molecular weight is 315 g/mol. The highest BCUT2D eigenvalue weighted by Gasteiger charge is 2.11. The molecule has 2 aromatic rings. The minimum absolute atomic E-state index is 0.101. The molecule has 1 N–H and O–H groups in total. The summed E-state index contributed by atoms with van der Waals surface area (Å²) in [4.78, 5) is 18.3. The zero-order valence-electron chi connectivity index (χ0n) is 9.38. The minimum atomic E-state index is -2.55. The molecule has 1 aromatic carbocycles. The van der Waals surface area contributed by atoms with Gasteiger partial charge < -0.3 is 4.98 Å². The molecule has 3 nitrogen and oxygen atoms in total. The highest BCUT2D eigenvalue weighted by Crippen LogP contribution is 2.23. The van der Waals surface area contributed by atoms with Crippen LogP contribution in [0.15, 0.2) is 33.5 Å². The Balaban J connectivity index is 2.55. The van der Waals surface area contributed by atoms with E-state index in [-0.39, 0.29) is 16.9 Å². The summed E-state index contributed by atoms with van der Waals surface area (Å²) in [6.07, 6.45) is -2.55. The maximum Gasteiger partial charge on any atom is 0.265 e. The van der Waals surface area contributed by atoms with Crippen LogP contribution in [0.5, 0.6) is 0 Å². The fourth-order valence-corrected chi connectivity index (χ4v) is 1.72. The molecule has 94 valence electrons. The van der Waals surface area contributed by atoms with Gasteiger partial charge in [-0.2, -0.15) is 0 Å². The third kappa shape index (κ3) is 2.48. The van der Waals surface area contributed by atoms with E-state index < -0.39 is 6.43 Å². The normalized spacial score (nSPS) is 10.9. The van der Waals surface area contributed by atoms with E-state index >= 15 is 0 Å². The SMILES string of the molecule is Cc1nc(-c2cccc(C(F)F)c2)[nH]c(=O)c1Br. The number of alkyl halides is 2. The number of nitrogens with one attached hydrogen (secondary N) is 1. The predicted molar refractivity (Wildman–Crippen MR) is 67.7 cm³/mol. The zero-order chi connectivity index (χ0) is 13.3. The molecule has 1 heterocycles.